The Balaban J connectivity index is 1.76. The molecule has 1 saturated heterocycles. The van der Waals surface area contributed by atoms with Gasteiger partial charge >= 0.3 is 0 Å². The second-order valence-corrected chi connectivity index (χ2v) is 6.30. The number of hydrogen-bond donors (Lipinski definition) is 2. The van der Waals surface area contributed by atoms with Crippen molar-refractivity contribution >= 4 is 33.9 Å². The lowest BCUT2D eigenvalue weighted by Crippen LogP contribution is -2.37. The molecule has 0 amide bonds. The molecule has 1 aliphatic heterocycles. The summed E-state index contributed by atoms with van der Waals surface area (Å²) in [6, 6.07) is 3.31. The first kappa shape index (κ1) is 18.3. The van der Waals surface area contributed by atoms with Crippen LogP contribution in [0.15, 0.2) is 27.9 Å². The predicted molar refractivity (Wildman–Crippen MR) is 98.6 cm³/mol. The van der Waals surface area contributed by atoms with E-state index in [0.29, 0.717) is 37.6 Å². The molecule has 0 bridgehead atoms. The Morgan fingerprint density at radius 2 is 2.19 bits per heavy atom. The lowest BCUT2D eigenvalue weighted by atomic mass is 10.2. The number of hydrogen-bond acceptors (Lipinski definition) is 8. The predicted octanol–water partition coefficient (Wildman–Crippen LogP) is 2.38. The first-order valence-electron chi connectivity index (χ1n) is 7.79. The van der Waals surface area contributed by atoms with Gasteiger partial charge in [-0.15, -0.1) is 0 Å². The maximum Gasteiger partial charge on any atom is 0.245 e. The fourth-order valence-corrected chi connectivity index (χ4v) is 2.87. The molecule has 0 atom stereocenters. The Morgan fingerprint density at radius 1 is 1.42 bits per heavy atom. The summed E-state index contributed by atoms with van der Waals surface area (Å²) in [6.07, 6.45) is 2.49. The van der Waals surface area contributed by atoms with Crippen LogP contribution in [0.1, 0.15) is 5.56 Å². The molecule has 8 nitrogen and oxygen atoms in total. The molecule has 0 aliphatic carbocycles. The normalized spacial score (nSPS) is 14.7. The number of rotatable bonds is 5. The molecule has 0 spiro atoms. The van der Waals surface area contributed by atoms with E-state index in [1.807, 2.05) is 0 Å². The number of anilines is 2. The Hall–Kier alpha value is -2.46. The smallest absolute Gasteiger partial charge is 0.245 e. The maximum absolute atomic E-state index is 14.0. The van der Waals surface area contributed by atoms with Gasteiger partial charge in [0.2, 0.25) is 5.95 Å². The summed E-state index contributed by atoms with van der Waals surface area (Å²) in [4.78, 5) is 9.83. The average Bonchev–Trinajstić information content (AvgIpc) is 2.66. The van der Waals surface area contributed by atoms with Crippen LogP contribution in [0.25, 0.3) is 0 Å². The topological polar surface area (TPSA) is 92.1 Å². The van der Waals surface area contributed by atoms with Crippen molar-refractivity contribution in [2.24, 2.45) is 5.10 Å². The molecule has 1 aliphatic rings. The van der Waals surface area contributed by atoms with Crippen molar-refractivity contribution in [2.45, 2.75) is 0 Å². The second-order valence-electron chi connectivity index (χ2n) is 5.38. The van der Waals surface area contributed by atoms with E-state index in [4.69, 9.17) is 9.47 Å². The van der Waals surface area contributed by atoms with Crippen LogP contribution in [0.5, 0.6) is 11.5 Å². The zero-order valence-corrected chi connectivity index (χ0v) is 15.5. The number of phenolic OH excluding ortho intramolecular Hbond substituents is 1. The highest BCUT2D eigenvalue weighted by Crippen LogP contribution is 2.32. The molecule has 1 aromatic heterocycles. The van der Waals surface area contributed by atoms with Gasteiger partial charge < -0.3 is 19.5 Å². The Kier molecular flexibility index (Phi) is 5.84. The van der Waals surface area contributed by atoms with Gasteiger partial charge in [-0.25, -0.2) is 14.8 Å². The van der Waals surface area contributed by atoms with E-state index in [-0.39, 0.29) is 17.5 Å². The lowest BCUT2D eigenvalue weighted by Gasteiger charge is -2.27. The molecule has 138 valence electrons. The van der Waals surface area contributed by atoms with Crippen LogP contribution in [-0.4, -0.2) is 54.7 Å². The minimum atomic E-state index is -0.504. The van der Waals surface area contributed by atoms with E-state index in [1.165, 1.54) is 13.3 Å². The Bertz CT molecular complexity index is 815. The van der Waals surface area contributed by atoms with Gasteiger partial charge in [-0.1, -0.05) is 15.9 Å². The zero-order valence-electron chi connectivity index (χ0n) is 13.9. The summed E-state index contributed by atoms with van der Waals surface area (Å²) in [5.41, 5.74) is 3.07. The summed E-state index contributed by atoms with van der Waals surface area (Å²) in [5.74, 6) is 0.109. The van der Waals surface area contributed by atoms with Crippen LogP contribution in [0, 0.1) is 5.82 Å². The van der Waals surface area contributed by atoms with Crippen molar-refractivity contribution in [1.82, 2.24) is 9.97 Å². The summed E-state index contributed by atoms with van der Waals surface area (Å²) < 4.78 is 25.1. The van der Waals surface area contributed by atoms with Crippen molar-refractivity contribution in [3.05, 3.63) is 34.2 Å². The van der Waals surface area contributed by atoms with Crippen LogP contribution in [0.3, 0.4) is 0 Å². The highest BCUT2D eigenvalue weighted by molar-refractivity contribution is 9.10. The molecule has 0 unspecified atom stereocenters. The summed E-state index contributed by atoms with van der Waals surface area (Å²) in [6.45, 7) is 2.16. The average molecular weight is 426 g/mol. The second kappa shape index (κ2) is 8.28. The van der Waals surface area contributed by atoms with E-state index in [9.17, 15) is 9.50 Å². The van der Waals surface area contributed by atoms with Crippen molar-refractivity contribution < 1.29 is 19.0 Å². The van der Waals surface area contributed by atoms with Crippen LogP contribution >= 0.6 is 15.9 Å². The summed E-state index contributed by atoms with van der Waals surface area (Å²) >= 11 is 3.33. The van der Waals surface area contributed by atoms with Crippen LogP contribution < -0.4 is 15.1 Å². The molecule has 1 aromatic carbocycles. The van der Waals surface area contributed by atoms with Crippen LogP contribution in [0.4, 0.5) is 16.2 Å². The molecule has 1 fully saturated rings. The molecule has 0 saturated carbocycles. The molecule has 0 radical (unpaired) electrons. The van der Waals surface area contributed by atoms with E-state index in [1.54, 1.807) is 17.0 Å². The zero-order chi connectivity index (χ0) is 18.5. The maximum atomic E-state index is 14.0. The monoisotopic (exact) mass is 425 g/mol. The number of nitrogens with zero attached hydrogens (tertiary/aromatic N) is 4. The molecular weight excluding hydrogens is 409 g/mol. The van der Waals surface area contributed by atoms with Crippen molar-refractivity contribution in [3.8, 4) is 11.5 Å². The van der Waals surface area contributed by atoms with Crippen molar-refractivity contribution in [2.75, 3.05) is 43.7 Å². The molecule has 2 N–H and O–H groups in total. The van der Waals surface area contributed by atoms with E-state index >= 15 is 0 Å². The molecule has 10 heteroatoms. The number of ether oxygens (including phenoxy) is 2. The largest absolute Gasteiger partial charge is 0.504 e. The van der Waals surface area contributed by atoms with Crippen molar-refractivity contribution in [1.29, 1.82) is 0 Å². The summed E-state index contributed by atoms with van der Waals surface area (Å²) in [7, 11) is 1.46. The highest BCUT2D eigenvalue weighted by Gasteiger charge is 2.17. The number of halogens is 2. The number of hydrazone groups is 1. The highest BCUT2D eigenvalue weighted by atomic mass is 79.9. The third-order valence-corrected chi connectivity index (χ3v) is 4.15. The first-order chi connectivity index (χ1) is 12.6. The molecule has 26 heavy (non-hydrogen) atoms. The number of benzene rings is 1. The van der Waals surface area contributed by atoms with Gasteiger partial charge in [-0.2, -0.15) is 10.1 Å². The minimum absolute atomic E-state index is 0.0460. The van der Waals surface area contributed by atoms with Gasteiger partial charge in [0.1, 0.15) is 0 Å². The molecule has 3 rings (SSSR count). The van der Waals surface area contributed by atoms with E-state index < -0.39 is 5.82 Å². The summed E-state index contributed by atoms with van der Waals surface area (Å²) in [5, 5.41) is 14.1. The minimum Gasteiger partial charge on any atom is -0.504 e. The fourth-order valence-electron chi connectivity index (χ4n) is 2.42. The van der Waals surface area contributed by atoms with Crippen LogP contribution in [0.2, 0.25) is 0 Å². The van der Waals surface area contributed by atoms with Gasteiger partial charge in [0.05, 0.1) is 32.7 Å². The Labute approximate surface area is 157 Å². The van der Waals surface area contributed by atoms with Gasteiger partial charge in [0.25, 0.3) is 0 Å². The number of morpholine rings is 1. The lowest BCUT2D eigenvalue weighted by molar-refractivity contribution is 0.122. The molecule has 2 heterocycles. The van der Waals surface area contributed by atoms with E-state index in [0.717, 1.165) is 10.7 Å². The van der Waals surface area contributed by atoms with Gasteiger partial charge in [-0.3, -0.25) is 0 Å². The van der Waals surface area contributed by atoms with Gasteiger partial charge in [-0.05, 0) is 12.1 Å². The SMILES string of the molecule is COc1cc(Br)cc(/C=N\Nc2ncc(F)c(N3CCOCC3)n2)c1O. The number of methoxy groups -OCH3 is 1. The van der Waals surface area contributed by atoms with Crippen LogP contribution in [-0.2, 0) is 4.74 Å². The Morgan fingerprint density at radius 3 is 2.92 bits per heavy atom. The number of aromatic nitrogens is 2. The van der Waals surface area contributed by atoms with Crippen molar-refractivity contribution in [3.63, 3.8) is 0 Å². The van der Waals surface area contributed by atoms with Gasteiger partial charge in [0, 0.05) is 23.1 Å². The third kappa shape index (κ3) is 4.20. The molecular formula is C16H17BrFN5O3. The van der Waals surface area contributed by atoms with E-state index in [2.05, 4.69) is 36.4 Å². The van der Waals surface area contributed by atoms with Gasteiger partial charge in [0.15, 0.2) is 23.1 Å². The number of phenols is 1. The quantitative estimate of drug-likeness (QED) is 0.560. The molecule has 2 aromatic rings. The third-order valence-electron chi connectivity index (χ3n) is 3.69. The number of aromatic hydroxyl groups is 1. The number of nitrogens with one attached hydrogen (secondary N) is 1. The first-order valence-corrected chi connectivity index (χ1v) is 8.58. The fraction of sp³-hybridized carbons (Fsp3) is 0.312. The standard InChI is InChI=1S/C16H17BrFN5O3/c1-25-13-7-11(17)6-10(14(13)24)8-20-22-16-19-9-12(18)15(21-16)23-2-4-26-5-3-23/h6-9,24H,2-5H2,1H3,(H,19,21,22)/b20-8-.